The van der Waals surface area contributed by atoms with E-state index in [2.05, 4.69) is 4.72 Å². The summed E-state index contributed by atoms with van der Waals surface area (Å²) in [5.74, 6) is 0.164. The first-order valence-electron chi connectivity index (χ1n) is 6.95. The Hall–Kier alpha value is -1.07. The average Bonchev–Trinajstić information content (AvgIpc) is 2.47. The molecule has 0 aliphatic carbocycles. The Morgan fingerprint density at radius 1 is 0.955 bits per heavy atom. The number of sulfonamides is 1. The Balaban J connectivity index is 2.01. The normalized spacial score (nSPS) is 24.1. The van der Waals surface area contributed by atoms with Crippen molar-refractivity contribution in [3.05, 3.63) is 69.7 Å². The van der Waals surface area contributed by atoms with E-state index in [0.717, 1.165) is 11.1 Å². The molecule has 0 saturated carbocycles. The van der Waals surface area contributed by atoms with Crippen molar-refractivity contribution in [2.45, 2.75) is 18.4 Å². The molecule has 1 aliphatic heterocycles. The van der Waals surface area contributed by atoms with Crippen LogP contribution in [0.5, 0.6) is 0 Å². The van der Waals surface area contributed by atoms with Gasteiger partial charge in [-0.15, -0.1) is 0 Å². The predicted molar refractivity (Wildman–Crippen MR) is 89.9 cm³/mol. The van der Waals surface area contributed by atoms with Crippen molar-refractivity contribution >= 4 is 33.2 Å². The molecule has 0 unspecified atom stereocenters. The zero-order chi connectivity index (χ0) is 15.7. The highest BCUT2D eigenvalue weighted by Gasteiger charge is 2.34. The number of hydrogen-bond acceptors (Lipinski definition) is 2. The number of benzene rings is 2. The summed E-state index contributed by atoms with van der Waals surface area (Å²) in [6, 6.07) is 14.5. The van der Waals surface area contributed by atoms with E-state index >= 15 is 0 Å². The molecule has 1 fully saturated rings. The Morgan fingerprint density at radius 3 is 2.36 bits per heavy atom. The quantitative estimate of drug-likeness (QED) is 0.879. The van der Waals surface area contributed by atoms with Crippen molar-refractivity contribution in [1.82, 2.24) is 4.72 Å². The summed E-state index contributed by atoms with van der Waals surface area (Å²) in [5, 5.41) is 1.28. The van der Waals surface area contributed by atoms with E-state index < -0.39 is 10.0 Å². The third kappa shape index (κ3) is 3.46. The molecule has 3 nitrogen and oxygen atoms in total. The second kappa shape index (κ2) is 6.20. The minimum absolute atomic E-state index is 0.0448. The van der Waals surface area contributed by atoms with E-state index in [1.54, 1.807) is 12.1 Å². The van der Waals surface area contributed by atoms with Gasteiger partial charge in [-0.2, -0.15) is 0 Å². The van der Waals surface area contributed by atoms with Crippen LogP contribution in [0.1, 0.15) is 29.5 Å². The summed E-state index contributed by atoms with van der Waals surface area (Å²) in [6.45, 7) is 0. The van der Waals surface area contributed by atoms with E-state index in [9.17, 15) is 8.42 Å². The van der Waals surface area contributed by atoms with Gasteiger partial charge in [0.25, 0.3) is 0 Å². The minimum Gasteiger partial charge on any atom is -0.212 e. The van der Waals surface area contributed by atoms with Crippen LogP contribution in [-0.4, -0.2) is 14.2 Å². The standard InChI is InChI=1S/C16H15Cl2NO2S/c17-13-6-4-11(5-7-13)16-15(8-9-22(20,21)19-16)12-2-1-3-14(18)10-12/h1-7,10,15-16,19H,8-9H2/t15-,16-/m1/s1. The third-order valence-corrected chi connectivity index (χ3v) is 5.79. The summed E-state index contributed by atoms with van der Waals surface area (Å²) in [5.41, 5.74) is 1.94. The fourth-order valence-corrected chi connectivity index (χ4v) is 4.54. The maximum absolute atomic E-state index is 12.0. The third-order valence-electron chi connectivity index (χ3n) is 3.91. The Labute approximate surface area is 140 Å². The first-order chi connectivity index (χ1) is 10.4. The molecule has 3 rings (SSSR count). The van der Waals surface area contributed by atoms with Crippen molar-refractivity contribution in [3.63, 3.8) is 0 Å². The highest BCUT2D eigenvalue weighted by atomic mass is 35.5. The highest BCUT2D eigenvalue weighted by Crippen LogP contribution is 2.38. The molecular weight excluding hydrogens is 341 g/mol. The molecule has 6 heteroatoms. The number of rotatable bonds is 2. The molecule has 1 aliphatic rings. The summed E-state index contributed by atoms with van der Waals surface area (Å²) >= 11 is 12.0. The first-order valence-corrected chi connectivity index (χ1v) is 9.36. The van der Waals surface area contributed by atoms with Crippen LogP contribution in [0.2, 0.25) is 10.0 Å². The van der Waals surface area contributed by atoms with Gasteiger partial charge in [-0.25, -0.2) is 13.1 Å². The van der Waals surface area contributed by atoms with Crippen molar-refractivity contribution in [2.75, 3.05) is 5.75 Å². The van der Waals surface area contributed by atoms with Crippen molar-refractivity contribution in [1.29, 1.82) is 0 Å². The van der Waals surface area contributed by atoms with Crippen LogP contribution in [0.4, 0.5) is 0 Å². The van der Waals surface area contributed by atoms with Crippen LogP contribution in [0.15, 0.2) is 48.5 Å². The molecule has 0 spiro atoms. The van der Waals surface area contributed by atoms with Crippen LogP contribution >= 0.6 is 23.2 Å². The lowest BCUT2D eigenvalue weighted by molar-refractivity contribution is 0.455. The second-order valence-electron chi connectivity index (χ2n) is 5.42. The SMILES string of the molecule is O=S1(=O)CC[C@H](c2cccc(Cl)c2)[C@@H](c2ccc(Cl)cc2)N1. The van der Waals surface area contributed by atoms with Gasteiger partial charge in [0, 0.05) is 16.0 Å². The maximum Gasteiger partial charge on any atom is 0.212 e. The van der Waals surface area contributed by atoms with Gasteiger partial charge in [-0.1, -0.05) is 47.5 Å². The molecule has 1 N–H and O–H groups in total. The van der Waals surface area contributed by atoms with Crippen molar-refractivity contribution in [2.24, 2.45) is 0 Å². The molecule has 1 saturated heterocycles. The van der Waals surface area contributed by atoms with Gasteiger partial charge < -0.3 is 0 Å². The van der Waals surface area contributed by atoms with E-state index in [1.165, 1.54) is 0 Å². The van der Waals surface area contributed by atoms with Gasteiger partial charge in [-0.05, 0) is 41.8 Å². The summed E-state index contributed by atoms with van der Waals surface area (Å²) < 4.78 is 26.7. The van der Waals surface area contributed by atoms with Crippen LogP contribution in [0, 0.1) is 0 Å². The highest BCUT2D eigenvalue weighted by molar-refractivity contribution is 7.89. The lowest BCUT2D eigenvalue weighted by Crippen LogP contribution is -2.39. The Kier molecular flexibility index (Phi) is 4.46. The minimum atomic E-state index is -3.26. The number of nitrogens with one attached hydrogen (secondary N) is 1. The van der Waals surface area contributed by atoms with Crippen LogP contribution in [-0.2, 0) is 10.0 Å². The molecule has 116 valence electrons. The lowest BCUT2D eigenvalue weighted by atomic mass is 9.85. The van der Waals surface area contributed by atoms with E-state index in [-0.39, 0.29) is 17.7 Å². The average molecular weight is 356 g/mol. The van der Waals surface area contributed by atoms with Gasteiger partial charge in [0.2, 0.25) is 10.0 Å². The Bertz CT molecular complexity index is 775. The fourth-order valence-electron chi connectivity index (χ4n) is 2.85. The molecule has 2 aromatic carbocycles. The van der Waals surface area contributed by atoms with Crippen LogP contribution in [0.25, 0.3) is 0 Å². The topological polar surface area (TPSA) is 46.2 Å². The zero-order valence-corrected chi connectivity index (χ0v) is 14.0. The van der Waals surface area contributed by atoms with Crippen molar-refractivity contribution < 1.29 is 8.42 Å². The summed E-state index contributed by atoms with van der Waals surface area (Å²) in [4.78, 5) is 0. The molecule has 0 bridgehead atoms. The number of halogens is 2. The second-order valence-corrected chi connectivity index (χ2v) is 8.16. The van der Waals surface area contributed by atoms with Gasteiger partial charge in [-0.3, -0.25) is 0 Å². The monoisotopic (exact) mass is 355 g/mol. The molecule has 0 aromatic heterocycles. The molecule has 2 aromatic rings. The predicted octanol–water partition coefficient (Wildman–Crippen LogP) is 4.14. The van der Waals surface area contributed by atoms with Gasteiger partial charge >= 0.3 is 0 Å². The largest absolute Gasteiger partial charge is 0.212 e. The summed E-state index contributed by atoms with van der Waals surface area (Å²) in [6.07, 6.45) is 0.559. The van der Waals surface area contributed by atoms with Gasteiger partial charge in [0.15, 0.2) is 0 Å². The van der Waals surface area contributed by atoms with Crippen LogP contribution in [0.3, 0.4) is 0 Å². The van der Waals surface area contributed by atoms with E-state index in [0.29, 0.717) is 16.5 Å². The maximum atomic E-state index is 12.0. The van der Waals surface area contributed by atoms with E-state index in [1.807, 2.05) is 36.4 Å². The Morgan fingerprint density at radius 2 is 1.68 bits per heavy atom. The lowest BCUT2D eigenvalue weighted by Gasteiger charge is -2.33. The van der Waals surface area contributed by atoms with Crippen LogP contribution < -0.4 is 4.72 Å². The molecule has 0 amide bonds. The smallest absolute Gasteiger partial charge is 0.212 e. The summed E-state index contributed by atoms with van der Waals surface area (Å²) in [7, 11) is -3.26. The molecular formula is C16H15Cl2NO2S. The first kappa shape index (κ1) is 15.8. The molecule has 22 heavy (non-hydrogen) atoms. The van der Waals surface area contributed by atoms with E-state index in [4.69, 9.17) is 23.2 Å². The number of hydrogen-bond donors (Lipinski definition) is 1. The van der Waals surface area contributed by atoms with Crippen molar-refractivity contribution in [3.8, 4) is 0 Å². The molecule has 0 radical (unpaired) electrons. The molecule has 1 heterocycles. The fraction of sp³-hybridized carbons (Fsp3) is 0.250. The van der Waals surface area contributed by atoms with Gasteiger partial charge in [0.1, 0.15) is 0 Å². The van der Waals surface area contributed by atoms with Gasteiger partial charge in [0.05, 0.1) is 11.8 Å². The zero-order valence-electron chi connectivity index (χ0n) is 11.7. The molecule has 2 atom stereocenters.